The molecule has 0 aromatic rings. The van der Waals surface area contributed by atoms with Crippen molar-refractivity contribution in [3.8, 4) is 0 Å². The topological polar surface area (TPSA) is 121 Å². The van der Waals surface area contributed by atoms with E-state index < -0.39 is 22.1 Å². The van der Waals surface area contributed by atoms with Crippen molar-refractivity contribution in [3.05, 3.63) is 0 Å². The minimum absolute atomic E-state index is 0.110. The largest absolute Gasteiger partial charge is 0.748 e. The Morgan fingerprint density at radius 3 is 2.29 bits per heavy atom. The fourth-order valence-corrected chi connectivity index (χ4v) is 2.07. The fourth-order valence-electron chi connectivity index (χ4n) is 1.57. The number of rotatable bonds is 9. The van der Waals surface area contributed by atoms with Crippen LogP contribution in [0.1, 0.15) is 19.8 Å². The molecule has 0 aromatic heterocycles. The monoisotopic (exact) mass is 270 g/mol. The summed E-state index contributed by atoms with van der Waals surface area (Å²) in [5.41, 5.74) is 0. The van der Waals surface area contributed by atoms with Crippen LogP contribution in [0.15, 0.2) is 0 Å². The molecule has 0 spiro atoms. The lowest BCUT2D eigenvalue weighted by atomic mass is 10.2. The molecule has 0 aliphatic carbocycles. The third-order valence-corrected chi connectivity index (χ3v) is 3.25. The molecule has 0 amide bonds. The first kappa shape index (κ1) is 16.8. The Kier molecular flexibility index (Phi) is 7.84. The van der Waals surface area contributed by atoms with Crippen molar-refractivity contribution in [1.29, 1.82) is 0 Å². The molecular formula is C9H20NO6S-. The lowest BCUT2D eigenvalue weighted by Crippen LogP contribution is -2.47. The van der Waals surface area contributed by atoms with Gasteiger partial charge in [-0.25, -0.2) is 8.42 Å². The maximum Gasteiger partial charge on any atom is 0.108 e. The molecular weight excluding hydrogens is 250 g/mol. The molecule has 0 aliphatic rings. The number of nitrogens with zero attached hydrogens (tertiary/aromatic N) is 1. The Hall–Kier alpha value is -0.250. The van der Waals surface area contributed by atoms with Crippen molar-refractivity contribution < 1.29 is 28.3 Å². The quantitative estimate of drug-likeness (QED) is 0.337. The van der Waals surface area contributed by atoms with Crippen molar-refractivity contribution in [1.82, 2.24) is 4.90 Å². The predicted molar refractivity (Wildman–Crippen MR) is 60.1 cm³/mol. The second-order valence-electron chi connectivity index (χ2n) is 3.74. The van der Waals surface area contributed by atoms with Crippen LogP contribution in [0.4, 0.5) is 0 Å². The second-order valence-corrected chi connectivity index (χ2v) is 5.26. The van der Waals surface area contributed by atoms with E-state index in [0.717, 1.165) is 0 Å². The standard InChI is InChI=1S/C9H21NO6S/c1-2-8(7-12)10(4-5-11)9(13)3-6-17(14,15)16/h8-9,11-13H,2-7H2,1H3,(H,14,15,16)/p-1. The molecule has 7 nitrogen and oxygen atoms in total. The molecule has 0 saturated carbocycles. The molecule has 2 atom stereocenters. The van der Waals surface area contributed by atoms with Crippen LogP contribution in [0.2, 0.25) is 0 Å². The average molecular weight is 270 g/mol. The van der Waals surface area contributed by atoms with Gasteiger partial charge in [0, 0.05) is 18.3 Å². The fraction of sp³-hybridized carbons (Fsp3) is 1.00. The summed E-state index contributed by atoms with van der Waals surface area (Å²) in [7, 11) is -4.37. The molecule has 0 heterocycles. The van der Waals surface area contributed by atoms with Gasteiger partial charge in [-0.15, -0.1) is 0 Å². The summed E-state index contributed by atoms with van der Waals surface area (Å²) in [6.45, 7) is 1.47. The maximum absolute atomic E-state index is 10.4. The first-order valence-corrected chi connectivity index (χ1v) is 7.02. The van der Waals surface area contributed by atoms with E-state index in [2.05, 4.69) is 0 Å². The van der Waals surface area contributed by atoms with Gasteiger partial charge in [-0.2, -0.15) is 0 Å². The van der Waals surface area contributed by atoms with Crippen LogP contribution in [0.25, 0.3) is 0 Å². The van der Waals surface area contributed by atoms with Crippen molar-refractivity contribution in [2.75, 3.05) is 25.5 Å². The maximum atomic E-state index is 10.4. The molecule has 0 rings (SSSR count). The SMILES string of the molecule is CCC(CO)N(CCO)C(O)CCS(=O)(=O)[O-]. The van der Waals surface area contributed by atoms with Gasteiger partial charge < -0.3 is 19.9 Å². The Labute approximate surface area is 101 Å². The van der Waals surface area contributed by atoms with Gasteiger partial charge in [0.2, 0.25) is 0 Å². The summed E-state index contributed by atoms with van der Waals surface area (Å²) in [6.07, 6.45) is -0.858. The normalized spacial score (nSPS) is 16.1. The first-order valence-electron chi connectivity index (χ1n) is 5.44. The van der Waals surface area contributed by atoms with E-state index in [-0.39, 0.29) is 32.2 Å². The average Bonchev–Trinajstić information content (AvgIpc) is 2.25. The van der Waals surface area contributed by atoms with Gasteiger partial charge >= 0.3 is 0 Å². The van der Waals surface area contributed by atoms with Crippen LogP contribution >= 0.6 is 0 Å². The van der Waals surface area contributed by atoms with Crippen LogP contribution in [0, 0.1) is 0 Å². The van der Waals surface area contributed by atoms with Gasteiger partial charge in [-0.05, 0) is 12.8 Å². The molecule has 8 heteroatoms. The molecule has 17 heavy (non-hydrogen) atoms. The zero-order valence-corrected chi connectivity index (χ0v) is 10.6. The minimum Gasteiger partial charge on any atom is -0.748 e. The van der Waals surface area contributed by atoms with Crippen LogP contribution in [-0.2, 0) is 10.1 Å². The van der Waals surface area contributed by atoms with Gasteiger partial charge in [-0.1, -0.05) is 6.92 Å². The smallest absolute Gasteiger partial charge is 0.108 e. The zero-order valence-electron chi connectivity index (χ0n) is 9.82. The van der Waals surface area contributed by atoms with Crippen molar-refractivity contribution in [2.45, 2.75) is 32.0 Å². The highest BCUT2D eigenvalue weighted by Gasteiger charge is 2.22. The molecule has 0 aromatic carbocycles. The van der Waals surface area contributed by atoms with Gasteiger partial charge in [0.25, 0.3) is 0 Å². The molecule has 0 bridgehead atoms. The van der Waals surface area contributed by atoms with Crippen molar-refractivity contribution in [3.63, 3.8) is 0 Å². The summed E-state index contributed by atoms with van der Waals surface area (Å²) >= 11 is 0. The Bertz CT molecular complexity index is 290. The zero-order chi connectivity index (χ0) is 13.5. The lowest BCUT2D eigenvalue weighted by molar-refractivity contribution is -0.0488. The van der Waals surface area contributed by atoms with Gasteiger partial charge in [0.05, 0.1) is 23.3 Å². The molecule has 0 aliphatic heterocycles. The third-order valence-electron chi connectivity index (χ3n) is 2.52. The highest BCUT2D eigenvalue weighted by Crippen LogP contribution is 2.10. The Morgan fingerprint density at radius 2 is 1.94 bits per heavy atom. The summed E-state index contributed by atoms with van der Waals surface area (Å²) < 4.78 is 31.3. The van der Waals surface area contributed by atoms with Gasteiger partial charge in [-0.3, -0.25) is 4.90 Å². The highest BCUT2D eigenvalue weighted by atomic mass is 32.2. The minimum atomic E-state index is -4.37. The Morgan fingerprint density at radius 1 is 1.35 bits per heavy atom. The van der Waals surface area contributed by atoms with E-state index in [1.807, 2.05) is 0 Å². The van der Waals surface area contributed by atoms with E-state index in [9.17, 15) is 18.1 Å². The highest BCUT2D eigenvalue weighted by molar-refractivity contribution is 7.85. The first-order chi connectivity index (χ1) is 7.85. The van der Waals surface area contributed by atoms with E-state index in [0.29, 0.717) is 6.42 Å². The summed E-state index contributed by atoms with van der Waals surface area (Å²) in [5, 5.41) is 27.7. The molecule has 0 fully saturated rings. The van der Waals surface area contributed by atoms with Crippen LogP contribution in [0.3, 0.4) is 0 Å². The van der Waals surface area contributed by atoms with Crippen molar-refractivity contribution >= 4 is 10.1 Å². The number of hydrogen-bond acceptors (Lipinski definition) is 7. The summed E-state index contributed by atoms with van der Waals surface area (Å²) in [6, 6.07) is -0.369. The lowest BCUT2D eigenvalue weighted by Gasteiger charge is -2.33. The van der Waals surface area contributed by atoms with E-state index >= 15 is 0 Å². The summed E-state index contributed by atoms with van der Waals surface area (Å²) in [5.74, 6) is -0.669. The second kappa shape index (κ2) is 7.96. The molecule has 0 radical (unpaired) electrons. The number of aliphatic hydroxyl groups excluding tert-OH is 3. The van der Waals surface area contributed by atoms with Crippen molar-refractivity contribution in [2.24, 2.45) is 0 Å². The van der Waals surface area contributed by atoms with Crippen LogP contribution in [-0.4, -0.2) is 71.0 Å². The van der Waals surface area contributed by atoms with Crippen LogP contribution < -0.4 is 0 Å². The molecule has 104 valence electrons. The van der Waals surface area contributed by atoms with Gasteiger partial charge in [0.15, 0.2) is 0 Å². The number of aliphatic hydroxyl groups is 3. The molecule has 3 N–H and O–H groups in total. The molecule has 0 saturated heterocycles. The van der Waals surface area contributed by atoms with E-state index in [1.165, 1.54) is 4.90 Å². The van der Waals surface area contributed by atoms with E-state index in [4.69, 9.17) is 10.2 Å². The summed E-state index contributed by atoms with van der Waals surface area (Å²) in [4.78, 5) is 1.39. The Balaban J connectivity index is 4.47. The van der Waals surface area contributed by atoms with Crippen LogP contribution in [0.5, 0.6) is 0 Å². The van der Waals surface area contributed by atoms with E-state index in [1.54, 1.807) is 6.92 Å². The number of hydrogen-bond donors (Lipinski definition) is 3. The third kappa shape index (κ3) is 6.92. The predicted octanol–water partition coefficient (Wildman–Crippen LogP) is -1.69. The van der Waals surface area contributed by atoms with Gasteiger partial charge in [0.1, 0.15) is 6.23 Å². The molecule has 2 unspecified atom stereocenters.